The van der Waals surface area contributed by atoms with Crippen molar-refractivity contribution in [1.82, 2.24) is 10.9 Å². The van der Waals surface area contributed by atoms with Crippen molar-refractivity contribution in [2.75, 3.05) is 13.2 Å². The molecule has 0 aromatic heterocycles. The van der Waals surface area contributed by atoms with E-state index in [0.717, 1.165) is 22.2 Å². The number of nitrogens with zero attached hydrogens (tertiary/aromatic N) is 1. The molecule has 0 fully saturated rings. The van der Waals surface area contributed by atoms with Crippen molar-refractivity contribution in [3.8, 4) is 5.75 Å². The van der Waals surface area contributed by atoms with Crippen molar-refractivity contribution in [3.05, 3.63) is 134 Å². The first kappa shape index (κ1) is 34.6. The molecule has 5 rings (SSSR count). The largest absolute Gasteiger partial charge is 0.494 e. The van der Waals surface area contributed by atoms with E-state index in [9.17, 15) is 22.4 Å². The zero-order valence-corrected chi connectivity index (χ0v) is 27.8. The highest BCUT2D eigenvalue weighted by molar-refractivity contribution is 9.10. The van der Waals surface area contributed by atoms with Gasteiger partial charge in [0.05, 0.1) is 12.2 Å². The highest BCUT2D eigenvalue weighted by atomic mass is 79.9. The molecule has 2 atom stereocenters. The van der Waals surface area contributed by atoms with Crippen LogP contribution in [-0.4, -0.2) is 35.7 Å². The third-order valence-electron chi connectivity index (χ3n) is 7.41. The first-order valence-corrected chi connectivity index (χ1v) is 16.1. The van der Waals surface area contributed by atoms with E-state index in [1.54, 1.807) is 24.3 Å². The number of hydrogen-bond acceptors (Lipinski definition) is 6. The van der Waals surface area contributed by atoms with Crippen molar-refractivity contribution < 1.29 is 36.9 Å². The van der Waals surface area contributed by atoms with Crippen LogP contribution in [0.15, 0.2) is 105 Å². The molecule has 0 bridgehead atoms. The molecule has 0 aliphatic carbocycles. The normalized spacial score (nSPS) is 17.6. The molecule has 246 valence electrons. The number of alkyl halides is 3. The number of hydrogen-bond donors (Lipinski definition) is 3. The van der Waals surface area contributed by atoms with Gasteiger partial charge in [0.25, 0.3) is 5.91 Å². The van der Waals surface area contributed by atoms with Gasteiger partial charge in [-0.3, -0.25) is 10.2 Å². The molecule has 0 saturated carbocycles. The van der Waals surface area contributed by atoms with Crippen LogP contribution in [0.2, 0.25) is 0 Å². The third kappa shape index (κ3) is 8.21. The number of aliphatic hydroxyl groups excluding tert-OH is 1. The molecular formula is C34H29Br2F4N3O4. The van der Waals surface area contributed by atoms with E-state index in [-0.39, 0.29) is 31.0 Å². The number of hydrazine groups is 1. The molecular weight excluding hydrogens is 750 g/mol. The Bertz CT molecular complexity index is 1750. The van der Waals surface area contributed by atoms with E-state index < -0.39 is 35.1 Å². The number of rotatable bonds is 12. The van der Waals surface area contributed by atoms with Gasteiger partial charge in [0.15, 0.2) is 11.6 Å². The first-order chi connectivity index (χ1) is 22.5. The Labute approximate surface area is 285 Å². The minimum absolute atomic E-state index is 0.00648. The SMILES string of the molecule is O=C(NNCc1cc(F)cc(C(F)(F)F)c1)[C@@]1(Cc2ccccc2Br)N=C(c2ccc(OCCCO)cc2)O[C@H]1c1ccccc1Br. The topological polar surface area (TPSA) is 92.2 Å². The molecule has 1 heterocycles. The average molecular weight is 779 g/mol. The number of halogens is 6. The molecule has 1 amide bonds. The molecule has 0 saturated heterocycles. The van der Waals surface area contributed by atoms with Crippen LogP contribution in [0.4, 0.5) is 17.6 Å². The summed E-state index contributed by atoms with van der Waals surface area (Å²) in [5.41, 5.74) is 4.46. The molecule has 0 spiro atoms. The lowest BCUT2D eigenvalue weighted by Crippen LogP contribution is -2.53. The van der Waals surface area contributed by atoms with E-state index in [0.29, 0.717) is 40.4 Å². The summed E-state index contributed by atoms with van der Waals surface area (Å²) in [6, 6.07) is 23.8. The second-order valence-corrected chi connectivity index (χ2v) is 12.4. The van der Waals surface area contributed by atoms with Gasteiger partial charge in [-0.1, -0.05) is 68.3 Å². The number of ether oxygens (including phenoxy) is 2. The number of carbonyl (C=O) groups excluding carboxylic acids is 1. The van der Waals surface area contributed by atoms with E-state index >= 15 is 0 Å². The van der Waals surface area contributed by atoms with E-state index in [1.165, 1.54) is 0 Å². The summed E-state index contributed by atoms with van der Waals surface area (Å²) >= 11 is 7.16. The molecule has 7 nitrogen and oxygen atoms in total. The van der Waals surface area contributed by atoms with Gasteiger partial charge in [-0.2, -0.15) is 13.2 Å². The molecule has 1 aliphatic rings. The zero-order chi connectivity index (χ0) is 33.6. The predicted molar refractivity (Wildman–Crippen MR) is 175 cm³/mol. The monoisotopic (exact) mass is 777 g/mol. The molecule has 1 aliphatic heterocycles. The Kier molecular flexibility index (Phi) is 11.0. The Morgan fingerprint density at radius 3 is 2.36 bits per heavy atom. The lowest BCUT2D eigenvalue weighted by atomic mass is 9.82. The Balaban J connectivity index is 1.52. The summed E-state index contributed by atoms with van der Waals surface area (Å²) in [6.07, 6.45) is -5.14. The average Bonchev–Trinajstić information content (AvgIpc) is 3.42. The van der Waals surface area contributed by atoms with Crippen molar-refractivity contribution in [2.24, 2.45) is 4.99 Å². The fourth-order valence-electron chi connectivity index (χ4n) is 5.13. The fourth-order valence-corrected chi connectivity index (χ4v) is 6.05. The number of amides is 1. The lowest BCUT2D eigenvalue weighted by molar-refractivity contribution is -0.138. The predicted octanol–water partition coefficient (Wildman–Crippen LogP) is 7.45. The summed E-state index contributed by atoms with van der Waals surface area (Å²) < 4.78 is 67.5. The van der Waals surface area contributed by atoms with Crippen LogP contribution in [0, 0.1) is 5.82 Å². The van der Waals surface area contributed by atoms with Gasteiger partial charge in [-0.25, -0.2) is 14.8 Å². The van der Waals surface area contributed by atoms with Crippen molar-refractivity contribution in [1.29, 1.82) is 0 Å². The second kappa shape index (κ2) is 15.0. The van der Waals surface area contributed by atoms with E-state index in [1.807, 2.05) is 48.5 Å². The smallest absolute Gasteiger partial charge is 0.416 e. The first-order valence-electron chi connectivity index (χ1n) is 14.5. The van der Waals surface area contributed by atoms with Crippen LogP contribution in [0.3, 0.4) is 0 Å². The molecule has 47 heavy (non-hydrogen) atoms. The molecule has 3 N–H and O–H groups in total. The Hall–Kier alpha value is -3.78. The van der Waals surface area contributed by atoms with Crippen LogP contribution < -0.4 is 15.6 Å². The highest BCUT2D eigenvalue weighted by Gasteiger charge is 2.54. The lowest BCUT2D eigenvalue weighted by Gasteiger charge is -2.31. The van der Waals surface area contributed by atoms with Crippen LogP contribution in [0.25, 0.3) is 0 Å². The number of nitrogens with one attached hydrogen (secondary N) is 2. The van der Waals surface area contributed by atoms with Gasteiger partial charge in [0.1, 0.15) is 11.6 Å². The van der Waals surface area contributed by atoms with Gasteiger partial charge in [0, 0.05) is 46.1 Å². The summed E-state index contributed by atoms with van der Waals surface area (Å²) in [7, 11) is 0. The molecule has 4 aromatic rings. The van der Waals surface area contributed by atoms with Crippen molar-refractivity contribution in [2.45, 2.75) is 37.2 Å². The van der Waals surface area contributed by atoms with Crippen molar-refractivity contribution >= 4 is 43.7 Å². The van der Waals surface area contributed by atoms with Crippen LogP contribution >= 0.6 is 31.9 Å². The second-order valence-electron chi connectivity index (χ2n) is 10.7. The number of benzene rings is 4. The Morgan fingerprint density at radius 1 is 0.979 bits per heavy atom. The third-order valence-corrected chi connectivity index (χ3v) is 8.91. The van der Waals surface area contributed by atoms with E-state index in [2.05, 4.69) is 42.7 Å². The van der Waals surface area contributed by atoms with Gasteiger partial charge < -0.3 is 14.6 Å². The molecule has 4 aromatic carbocycles. The van der Waals surface area contributed by atoms with Crippen LogP contribution in [-0.2, 0) is 28.7 Å². The molecule has 13 heteroatoms. The summed E-state index contributed by atoms with van der Waals surface area (Å²) in [5.74, 6) is -0.906. The summed E-state index contributed by atoms with van der Waals surface area (Å²) in [6.45, 7) is 0.0475. The standard InChI is InChI=1S/C34H29Br2F4N3O4/c35-28-8-3-1-6-23(28)19-33(32(45)43-41-20-21-16-24(34(38,39)40)18-25(37)17-21)30(27-7-2-4-9-29(27)36)47-31(42-33)22-10-12-26(13-11-22)46-15-5-14-44/h1-4,6-13,16-18,30,41,44H,5,14-15,19-20H2,(H,43,45)/t30-,33-/m0/s1. The van der Waals surface area contributed by atoms with Gasteiger partial charge in [-0.05, 0) is 65.7 Å². The Morgan fingerprint density at radius 2 is 1.68 bits per heavy atom. The van der Waals surface area contributed by atoms with Crippen LogP contribution in [0.1, 0.15) is 40.3 Å². The maximum atomic E-state index is 14.4. The maximum absolute atomic E-state index is 14.4. The quantitative estimate of drug-likeness (QED) is 0.0790. The number of aliphatic imine (C=N–C) groups is 1. The van der Waals surface area contributed by atoms with Crippen LogP contribution in [0.5, 0.6) is 5.75 Å². The number of carbonyl (C=O) groups is 1. The zero-order valence-electron chi connectivity index (χ0n) is 24.7. The van der Waals surface area contributed by atoms with Gasteiger partial charge in [0.2, 0.25) is 5.90 Å². The minimum atomic E-state index is -4.74. The fraction of sp³-hybridized carbons (Fsp3) is 0.235. The molecule has 0 radical (unpaired) electrons. The van der Waals surface area contributed by atoms with E-state index in [4.69, 9.17) is 19.6 Å². The summed E-state index contributed by atoms with van der Waals surface area (Å²) in [5, 5.41) is 9.04. The van der Waals surface area contributed by atoms with Crippen molar-refractivity contribution in [3.63, 3.8) is 0 Å². The summed E-state index contributed by atoms with van der Waals surface area (Å²) in [4.78, 5) is 19.3. The van der Waals surface area contributed by atoms with Gasteiger partial charge in [-0.15, -0.1) is 0 Å². The molecule has 0 unspecified atom stereocenters. The highest BCUT2D eigenvalue weighted by Crippen LogP contribution is 2.45. The van der Waals surface area contributed by atoms with Gasteiger partial charge >= 0.3 is 6.18 Å². The minimum Gasteiger partial charge on any atom is -0.494 e. The number of aliphatic hydroxyl groups is 1. The maximum Gasteiger partial charge on any atom is 0.416 e.